The van der Waals surface area contributed by atoms with Crippen molar-refractivity contribution in [1.82, 2.24) is 15.4 Å². The van der Waals surface area contributed by atoms with Crippen molar-refractivity contribution in [1.29, 1.82) is 0 Å². The van der Waals surface area contributed by atoms with Crippen molar-refractivity contribution < 1.29 is 0 Å². The van der Waals surface area contributed by atoms with Crippen LogP contribution in [0.15, 0.2) is 54.0 Å². The van der Waals surface area contributed by atoms with Gasteiger partial charge in [0.05, 0.1) is 6.20 Å². The standard InChI is InChI=1S/C13H13N5S2/c14-12(11-8-15-6-7-16-11)17-18-13(19)20-9-10-4-2-1-3-5-10/h1-8H,9H2,(H2,14,17)(H,18,19). The average molecular weight is 303 g/mol. The first-order valence-corrected chi connectivity index (χ1v) is 7.21. The first-order valence-electron chi connectivity index (χ1n) is 5.82. The minimum absolute atomic E-state index is 0.251. The van der Waals surface area contributed by atoms with Gasteiger partial charge in [-0.3, -0.25) is 10.4 Å². The van der Waals surface area contributed by atoms with Crippen molar-refractivity contribution in [3.05, 3.63) is 60.2 Å². The van der Waals surface area contributed by atoms with E-state index >= 15 is 0 Å². The quantitative estimate of drug-likeness (QED) is 0.389. The highest BCUT2D eigenvalue weighted by Crippen LogP contribution is 2.12. The zero-order valence-corrected chi connectivity index (χ0v) is 12.2. The molecule has 102 valence electrons. The Morgan fingerprint density at radius 3 is 2.80 bits per heavy atom. The van der Waals surface area contributed by atoms with Gasteiger partial charge in [-0.2, -0.15) is 5.10 Å². The van der Waals surface area contributed by atoms with E-state index in [1.54, 1.807) is 18.6 Å². The molecule has 0 saturated heterocycles. The highest BCUT2D eigenvalue weighted by Gasteiger charge is 2.01. The van der Waals surface area contributed by atoms with Gasteiger partial charge >= 0.3 is 0 Å². The molecule has 0 aliphatic carbocycles. The molecular weight excluding hydrogens is 290 g/mol. The highest BCUT2D eigenvalue weighted by atomic mass is 32.2. The van der Waals surface area contributed by atoms with Gasteiger partial charge in [0.1, 0.15) is 5.69 Å². The number of thioether (sulfide) groups is 1. The maximum absolute atomic E-state index is 5.77. The summed E-state index contributed by atoms with van der Waals surface area (Å²) in [7, 11) is 0. The van der Waals surface area contributed by atoms with E-state index in [4.69, 9.17) is 18.0 Å². The van der Waals surface area contributed by atoms with Crippen LogP contribution < -0.4 is 11.2 Å². The third-order valence-corrected chi connectivity index (χ3v) is 3.58. The van der Waals surface area contributed by atoms with Crippen molar-refractivity contribution in [2.75, 3.05) is 0 Å². The number of hydrogen-bond acceptors (Lipinski definition) is 5. The molecule has 1 aromatic carbocycles. The van der Waals surface area contributed by atoms with Gasteiger partial charge in [-0.15, -0.1) is 0 Å². The van der Waals surface area contributed by atoms with E-state index in [1.165, 1.54) is 17.3 Å². The Labute approximate surface area is 126 Å². The first kappa shape index (κ1) is 14.4. The van der Waals surface area contributed by atoms with Crippen LogP contribution in [0.4, 0.5) is 0 Å². The zero-order chi connectivity index (χ0) is 14.2. The molecule has 1 aromatic heterocycles. The molecule has 0 aliphatic heterocycles. The number of hydrogen-bond donors (Lipinski definition) is 2. The zero-order valence-electron chi connectivity index (χ0n) is 10.6. The number of benzene rings is 1. The molecule has 0 atom stereocenters. The van der Waals surface area contributed by atoms with Crippen LogP contribution >= 0.6 is 24.0 Å². The summed E-state index contributed by atoms with van der Waals surface area (Å²) in [5, 5.41) is 3.99. The molecule has 0 amide bonds. The fraction of sp³-hybridized carbons (Fsp3) is 0.0769. The lowest BCUT2D eigenvalue weighted by molar-refractivity contribution is 1.04. The maximum Gasteiger partial charge on any atom is 0.171 e. The van der Waals surface area contributed by atoms with Crippen LogP contribution in [0.5, 0.6) is 0 Å². The maximum atomic E-state index is 5.77. The molecule has 2 rings (SSSR count). The van der Waals surface area contributed by atoms with Gasteiger partial charge in [0.2, 0.25) is 0 Å². The first-order chi connectivity index (χ1) is 9.75. The predicted octanol–water partition coefficient (Wildman–Crippen LogP) is 1.90. The van der Waals surface area contributed by atoms with Crippen LogP contribution in [0.25, 0.3) is 0 Å². The van der Waals surface area contributed by atoms with E-state index in [0.29, 0.717) is 10.0 Å². The van der Waals surface area contributed by atoms with Gasteiger partial charge in [0.25, 0.3) is 0 Å². The molecule has 0 radical (unpaired) electrons. The summed E-state index contributed by atoms with van der Waals surface area (Å²) in [5.41, 5.74) is 10.2. The van der Waals surface area contributed by atoms with E-state index in [2.05, 4.69) is 20.5 Å². The van der Waals surface area contributed by atoms with Gasteiger partial charge in [-0.25, -0.2) is 4.98 Å². The third-order valence-electron chi connectivity index (χ3n) is 2.31. The fourth-order valence-electron chi connectivity index (χ4n) is 1.35. The predicted molar refractivity (Wildman–Crippen MR) is 86.2 cm³/mol. The van der Waals surface area contributed by atoms with Crippen LogP contribution in [-0.4, -0.2) is 20.1 Å². The molecule has 0 spiro atoms. The minimum atomic E-state index is 0.251. The number of thiocarbonyl (C=S) groups is 1. The topological polar surface area (TPSA) is 76.2 Å². The van der Waals surface area contributed by atoms with Crippen LogP contribution in [-0.2, 0) is 5.75 Å². The number of aromatic nitrogens is 2. The number of hydrazone groups is 1. The lowest BCUT2D eigenvalue weighted by atomic mass is 10.2. The highest BCUT2D eigenvalue weighted by molar-refractivity contribution is 8.22. The van der Waals surface area contributed by atoms with Gasteiger partial charge in [0.15, 0.2) is 10.2 Å². The van der Waals surface area contributed by atoms with Crippen molar-refractivity contribution in [2.45, 2.75) is 5.75 Å². The molecule has 2 aromatic rings. The van der Waals surface area contributed by atoms with E-state index in [-0.39, 0.29) is 5.84 Å². The van der Waals surface area contributed by atoms with Crippen molar-refractivity contribution >= 4 is 34.1 Å². The minimum Gasteiger partial charge on any atom is -0.380 e. The van der Waals surface area contributed by atoms with Gasteiger partial charge in [0, 0.05) is 18.1 Å². The van der Waals surface area contributed by atoms with Crippen molar-refractivity contribution in [2.24, 2.45) is 10.8 Å². The molecule has 7 heteroatoms. The monoisotopic (exact) mass is 303 g/mol. The summed E-state index contributed by atoms with van der Waals surface area (Å²) >= 11 is 6.66. The molecule has 0 unspecified atom stereocenters. The van der Waals surface area contributed by atoms with Crippen LogP contribution in [0.2, 0.25) is 0 Å². The Kier molecular flexibility index (Phi) is 5.45. The third kappa shape index (κ3) is 4.60. The molecule has 1 heterocycles. The number of amidine groups is 1. The summed E-state index contributed by atoms with van der Waals surface area (Å²) in [5.74, 6) is 1.04. The lowest BCUT2D eigenvalue weighted by Crippen LogP contribution is -2.22. The number of nitrogens with one attached hydrogen (secondary N) is 1. The molecule has 0 saturated carbocycles. The SMILES string of the molecule is N/C(=N\NC(=S)SCc1ccccc1)c1cnccn1. The molecular formula is C13H13N5S2. The second-order valence-electron chi connectivity index (χ2n) is 3.76. The largest absolute Gasteiger partial charge is 0.380 e. The number of rotatable bonds is 4. The van der Waals surface area contributed by atoms with E-state index in [1.807, 2.05) is 30.3 Å². The Morgan fingerprint density at radius 1 is 1.30 bits per heavy atom. The second-order valence-corrected chi connectivity index (χ2v) is 5.41. The van der Waals surface area contributed by atoms with E-state index in [0.717, 1.165) is 5.75 Å². The second kappa shape index (κ2) is 7.56. The van der Waals surface area contributed by atoms with Gasteiger partial charge in [-0.05, 0) is 5.56 Å². The molecule has 3 N–H and O–H groups in total. The Morgan fingerprint density at radius 2 is 2.10 bits per heavy atom. The van der Waals surface area contributed by atoms with Gasteiger partial charge < -0.3 is 5.73 Å². The number of nitrogens with zero attached hydrogens (tertiary/aromatic N) is 3. The Hall–Kier alpha value is -1.99. The van der Waals surface area contributed by atoms with Crippen molar-refractivity contribution in [3.8, 4) is 0 Å². The van der Waals surface area contributed by atoms with E-state index < -0.39 is 0 Å². The normalized spacial score (nSPS) is 11.1. The fourth-order valence-corrected chi connectivity index (χ4v) is 2.17. The summed E-state index contributed by atoms with van der Waals surface area (Å²) in [4.78, 5) is 7.96. The average Bonchev–Trinajstić information content (AvgIpc) is 2.52. The summed E-state index contributed by atoms with van der Waals surface area (Å²) < 4.78 is 0.556. The Bertz CT molecular complexity index is 586. The van der Waals surface area contributed by atoms with E-state index in [9.17, 15) is 0 Å². The molecule has 0 fully saturated rings. The summed E-state index contributed by atoms with van der Waals surface area (Å²) in [6.07, 6.45) is 4.67. The number of nitrogens with two attached hydrogens (primary N) is 1. The van der Waals surface area contributed by atoms with Crippen LogP contribution in [0.3, 0.4) is 0 Å². The van der Waals surface area contributed by atoms with Crippen molar-refractivity contribution in [3.63, 3.8) is 0 Å². The molecule has 0 aliphatic rings. The smallest absolute Gasteiger partial charge is 0.171 e. The van der Waals surface area contributed by atoms with Gasteiger partial charge in [-0.1, -0.05) is 54.3 Å². The molecule has 20 heavy (non-hydrogen) atoms. The summed E-state index contributed by atoms with van der Waals surface area (Å²) in [6.45, 7) is 0. The lowest BCUT2D eigenvalue weighted by Gasteiger charge is -2.04. The molecule has 5 nitrogen and oxygen atoms in total. The van der Waals surface area contributed by atoms with Crippen LogP contribution in [0, 0.1) is 0 Å². The summed E-state index contributed by atoms with van der Waals surface area (Å²) in [6, 6.07) is 10.1. The Balaban J connectivity index is 1.83. The molecule has 0 bridgehead atoms. The van der Waals surface area contributed by atoms with Crippen LogP contribution in [0.1, 0.15) is 11.3 Å².